The van der Waals surface area contributed by atoms with Gasteiger partial charge in [-0.2, -0.15) is 0 Å². The Morgan fingerprint density at radius 3 is 2.50 bits per heavy atom. The second-order valence-electron chi connectivity index (χ2n) is 4.26. The van der Waals surface area contributed by atoms with Gasteiger partial charge < -0.3 is 10.2 Å². The van der Waals surface area contributed by atoms with Gasteiger partial charge in [0.15, 0.2) is 0 Å². The number of sulfonamides is 1. The van der Waals surface area contributed by atoms with Gasteiger partial charge in [-0.15, -0.1) is 0 Å². The van der Waals surface area contributed by atoms with Crippen molar-refractivity contribution in [2.75, 3.05) is 12.0 Å². The van der Waals surface area contributed by atoms with Crippen molar-refractivity contribution < 1.29 is 13.2 Å². The molecule has 1 aliphatic rings. The zero-order valence-electron chi connectivity index (χ0n) is 10.1. The highest BCUT2D eigenvalue weighted by atomic mass is 32.2. The molecule has 1 aliphatic heterocycles. The van der Waals surface area contributed by atoms with Gasteiger partial charge in [-0.25, -0.2) is 13.1 Å². The molecular weight excluding hydrogens is 254 g/mol. The van der Waals surface area contributed by atoms with E-state index in [4.69, 9.17) is 10.6 Å². The van der Waals surface area contributed by atoms with Gasteiger partial charge in [-0.3, -0.25) is 5.84 Å². The van der Waals surface area contributed by atoms with E-state index >= 15 is 0 Å². The number of nitrogens with one attached hydrogen (secondary N) is 2. The number of hydrazine groups is 1. The molecule has 1 saturated heterocycles. The molecular formula is C11H17N3O3S. The highest BCUT2D eigenvalue weighted by molar-refractivity contribution is 7.89. The van der Waals surface area contributed by atoms with Gasteiger partial charge in [0.05, 0.1) is 17.0 Å². The minimum absolute atomic E-state index is 0.0928. The Morgan fingerprint density at radius 2 is 2.00 bits per heavy atom. The highest BCUT2D eigenvalue weighted by Gasteiger charge is 2.29. The van der Waals surface area contributed by atoms with Crippen molar-refractivity contribution in [2.45, 2.75) is 30.4 Å². The van der Waals surface area contributed by atoms with Gasteiger partial charge in [0.2, 0.25) is 10.0 Å². The molecule has 0 amide bonds. The van der Waals surface area contributed by atoms with E-state index in [-0.39, 0.29) is 17.0 Å². The molecule has 2 unspecified atom stereocenters. The molecule has 6 nitrogen and oxygen atoms in total. The quantitative estimate of drug-likeness (QED) is 0.545. The van der Waals surface area contributed by atoms with Gasteiger partial charge in [-0.1, -0.05) is 0 Å². The molecule has 0 bridgehead atoms. The molecule has 4 N–H and O–H groups in total. The minimum Gasteiger partial charge on any atom is -0.377 e. The van der Waals surface area contributed by atoms with Gasteiger partial charge in [0, 0.05) is 12.3 Å². The molecule has 0 aromatic heterocycles. The maximum absolute atomic E-state index is 12.1. The van der Waals surface area contributed by atoms with Crippen molar-refractivity contribution in [1.82, 2.24) is 4.72 Å². The van der Waals surface area contributed by atoms with E-state index < -0.39 is 10.0 Å². The minimum atomic E-state index is -3.50. The SMILES string of the molecule is CC1OCCC1NS(=O)(=O)c1ccc(NN)cc1. The van der Waals surface area contributed by atoms with Gasteiger partial charge in [-0.05, 0) is 37.6 Å². The first-order chi connectivity index (χ1) is 8.53. The molecule has 1 heterocycles. The maximum Gasteiger partial charge on any atom is 0.240 e. The number of hydrogen-bond donors (Lipinski definition) is 3. The summed E-state index contributed by atoms with van der Waals surface area (Å²) in [5.74, 6) is 5.23. The predicted octanol–water partition coefficient (Wildman–Crippen LogP) is 0.428. The lowest BCUT2D eigenvalue weighted by Crippen LogP contribution is -2.39. The number of ether oxygens (including phenoxy) is 1. The van der Waals surface area contributed by atoms with E-state index in [2.05, 4.69) is 10.1 Å². The van der Waals surface area contributed by atoms with Crippen LogP contribution in [0.2, 0.25) is 0 Å². The molecule has 7 heteroatoms. The molecule has 100 valence electrons. The first kappa shape index (κ1) is 13.3. The van der Waals surface area contributed by atoms with E-state index in [1.54, 1.807) is 12.1 Å². The van der Waals surface area contributed by atoms with Crippen LogP contribution in [0.15, 0.2) is 29.2 Å². The van der Waals surface area contributed by atoms with Crippen molar-refractivity contribution in [3.05, 3.63) is 24.3 Å². The van der Waals surface area contributed by atoms with Crippen molar-refractivity contribution in [2.24, 2.45) is 5.84 Å². The van der Waals surface area contributed by atoms with Crippen molar-refractivity contribution in [3.63, 3.8) is 0 Å². The summed E-state index contributed by atoms with van der Waals surface area (Å²) in [5, 5.41) is 0. The van der Waals surface area contributed by atoms with Gasteiger partial charge >= 0.3 is 0 Å². The lowest BCUT2D eigenvalue weighted by Gasteiger charge is -2.16. The summed E-state index contributed by atoms with van der Waals surface area (Å²) in [6, 6.07) is 6.09. The Labute approximate surface area is 107 Å². The van der Waals surface area contributed by atoms with Crippen LogP contribution >= 0.6 is 0 Å². The fraction of sp³-hybridized carbons (Fsp3) is 0.455. The number of nitrogens with two attached hydrogens (primary N) is 1. The van der Waals surface area contributed by atoms with Crippen LogP contribution in [0.4, 0.5) is 5.69 Å². The second-order valence-corrected chi connectivity index (χ2v) is 5.98. The number of nitrogen functional groups attached to an aromatic ring is 1. The Bertz CT molecular complexity index is 501. The van der Waals surface area contributed by atoms with Crippen LogP contribution in [0.3, 0.4) is 0 Å². The Kier molecular flexibility index (Phi) is 3.86. The van der Waals surface area contributed by atoms with Crippen LogP contribution in [0.25, 0.3) is 0 Å². The predicted molar refractivity (Wildman–Crippen MR) is 68.4 cm³/mol. The van der Waals surface area contributed by atoms with E-state index in [1.807, 2.05) is 6.92 Å². The van der Waals surface area contributed by atoms with Crippen LogP contribution in [0, 0.1) is 0 Å². The van der Waals surface area contributed by atoms with Crippen LogP contribution in [0.5, 0.6) is 0 Å². The molecule has 0 aliphatic carbocycles. The standard InChI is InChI=1S/C11H17N3O3S/c1-8-11(6-7-17-8)14-18(15,16)10-4-2-9(13-12)3-5-10/h2-5,8,11,13-14H,6-7,12H2,1H3. The molecule has 1 aromatic rings. The third kappa shape index (κ3) is 2.81. The smallest absolute Gasteiger partial charge is 0.240 e. The molecule has 2 rings (SSSR count). The first-order valence-electron chi connectivity index (χ1n) is 5.73. The summed E-state index contributed by atoms with van der Waals surface area (Å²) in [5.41, 5.74) is 3.11. The lowest BCUT2D eigenvalue weighted by molar-refractivity contribution is 0.117. The van der Waals surface area contributed by atoms with Crippen molar-refractivity contribution in [1.29, 1.82) is 0 Å². The largest absolute Gasteiger partial charge is 0.377 e. The van der Waals surface area contributed by atoms with Crippen LogP contribution < -0.4 is 16.0 Å². The topological polar surface area (TPSA) is 93.4 Å². The first-order valence-corrected chi connectivity index (χ1v) is 7.22. The molecule has 2 atom stereocenters. The normalized spacial score (nSPS) is 24.1. The van der Waals surface area contributed by atoms with Gasteiger partial charge in [0.1, 0.15) is 0 Å². The van der Waals surface area contributed by atoms with E-state index in [0.29, 0.717) is 18.7 Å². The molecule has 18 heavy (non-hydrogen) atoms. The lowest BCUT2D eigenvalue weighted by atomic mass is 10.2. The Hall–Kier alpha value is -1.15. The fourth-order valence-corrected chi connectivity index (χ4v) is 3.22. The summed E-state index contributed by atoms with van der Waals surface area (Å²) in [6.45, 7) is 2.45. The Morgan fingerprint density at radius 1 is 1.33 bits per heavy atom. The highest BCUT2D eigenvalue weighted by Crippen LogP contribution is 2.18. The molecule has 0 radical (unpaired) electrons. The molecule has 1 fully saturated rings. The fourth-order valence-electron chi connectivity index (χ4n) is 1.88. The Balaban J connectivity index is 2.14. The van der Waals surface area contributed by atoms with Crippen LogP contribution in [-0.4, -0.2) is 27.2 Å². The summed E-state index contributed by atoms with van der Waals surface area (Å²) in [7, 11) is -3.50. The number of hydrogen-bond acceptors (Lipinski definition) is 5. The molecule has 1 aromatic carbocycles. The monoisotopic (exact) mass is 271 g/mol. The summed E-state index contributed by atoms with van der Waals surface area (Å²) < 4.78 is 32.2. The number of anilines is 1. The zero-order chi connectivity index (χ0) is 13.2. The maximum atomic E-state index is 12.1. The third-order valence-electron chi connectivity index (χ3n) is 3.01. The van der Waals surface area contributed by atoms with E-state index in [1.165, 1.54) is 12.1 Å². The van der Waals surface area contributed by atoms with E-state index in [9.17, 15) is 8.42 Å². The van der Waals surface area contributed by atoms with Crippen molar-refractivity contribution >= 4 is 15.7 Å². The molecule has 0 spiro atoms. The number of benzene rings is 1. The van der Waals surface area contributed by atoms with Crippen LogP contribution in [-0.2, 0) is 14.8 Å². The second kappa shape index (κ2) is 5.23. The summed E-state index contributed by atoms with van der Waals surface area (Å²) in [4.78, 5) is 0.223. The molecule has 0 saturated carbocycles. The summed E-state index contributed by atoms with van der Waals surface area (Å²) in [6.07, 6.45) is 0.604. The van der Waals surface area contributed by atoms with Crippen molar-refractivity contribution in [3.8, 4) is 0 Å². The zero-order valence-corrected chi connectivity index (χ0v) is 10.9. The van der Waals surface area contributed by atoms with E-state index in [0.717, 1.165) is 0 Å². The van der Waals surface area contributed by atoms with Crippen LogP contribution in [0.1, 0.15) is 13.3 Å². The average Bonchev–Trinajstić information content (AvgIpc) is 2.74. The summed E-state index contributed by atoms with van der Waals surface area (Å²) >= 11 is 0. The third-order valence-corrected chi connectivity index (χ3v) is 4.52. The average molecular weight is 271 g/mol. The number of rotatable bonds is 4. The van der Waals surface area contributed by atoms with Gasteiger partial charge in [0.25, 0.3) is 0 Å².